The number of aliphatic hydroxyl groups excluding tert-OH is 1. The molecule has 1 aliphatic heterocycles. The predicted octanol–water partition coefficient (Wildman–Crippen LogP) is 1.28. The van der Waals surface area contributed by atoms with Crippen LogP contribution in [-0.4, -0.2) is 42.8 Å². The minimum absolute atomic E-state index is 0.105. The molecule has 0 aromatic heterocycles. The molecule has 136 valence electrons. The summed E-state index contributed by atoms with van der Waals surface area (Å²) in [5.41, 5.74) is 3.27. The van der Waals surface area contributed by atoms with Crippen molar-refractivity contribution in [3.8, 4) is 0 Å². The van der Waals surface area contributed by atoms with Crippen LogP contribution in [0.25, 0.3) is 0 Å². The molecule has 2 aromatic carbocycles. The van der Waals surface area contributed by atoms with Crippen LogP contribution in [0, 0.1) is 0 Å². The van der Waals surface area contributed by atoms with Gasteiger partial charge in [-0.3, -0.25) is 4.79 Å². The Hall–Kier alpha value is -2.70. The average Bonchev–Trinajstić information content (AvgIpc) is 2.70. The summed E-state index contributed by atoms with van der Waals surface area (Å²) in [7, 11) is 1.31. The topological polar surface area (TPSA) is 87.7 Å². The van der Waals surface area contributed by atoms with Crippen molar-refractivity contribution < 1.29 is 19.4 Å². The number of hydrogen-bond donors (Lipinski definition) is 3. The second kappa shape index (κ2) is 8.12. The number of aliphatic hydroxyl groups is 1. The van der Waals surface area contributed by atoms with Crippen molar-refractivity contribution in [1.82, 2.24) is 10.6 Å². The second-order valence-electron chi connectivity index (χ2n) is 6.31. The Labute approximate surface area is 152 Å². The van der Waals surface area contributed by atoms with Gasteiger partial charge in [-0.05, 0) is 41.8 Å². The molecule has 0 radical (unpaired) electrons. The van der Waals surface area contributed by atoms with Gasteiger partial charge >= 0.3 is 5.97 Å². The molecule has 0 saturated heterocycles. The standard InChI is InChI=1S/C20H22N2O4/c1-26-20(25)14-8-6-13(7-9-14)19(24)22-12-18(23)17-10-15-4-2-3-5-16(15)11-21-17/h2-9,17-18,21,23H,10-12H2,1H3,(H,22,24)/t17-,18+/m0/s1. The molecular weight excluding hydrogens is 332 g/mol. The zero-order valence-electron chi connectivity index (χ0n) is 14.6. The summed E-state index contributed by atoms with van der Waals surface area (Å²) < 4.78 is 4.63. The Morgan fingerprint density at radius 1 is 1.15 bits per heavy atom. The molecule has 2 atom stereocenters. The van der Waals surface area contributed by atoms with Crippen LogP contribution < -0.4 is 10.6 Å². The smallest absolute Gasteiger partial charge is 0.337 e. The maximum Gasteiger partial charge on any atom is 0.337 e. The summed E-state index contributed by atoms with van der Waals surface area (Å²) in [5.74, 6) is -0.743. The number of amides is 1. The summed E-state index contributed by atoms with van der Waals surface area (Å²) in [4.78, 5) is 23.6. The van der Waals surface area contributed by atoms with Crippen LogP contribution in [0.2, 0.25) is 0 Å². The highest BCUT2D eigenvalue weighted by molar-refractivity contribution is 5.96. The van der Waals surface area contributed by atoms with Crippen LogP contribution in [0.5, 0.6) is 0 Å². The third-order valence-electron chi connectivity index (χ3n) is 4.62. The van der Waals surface area contributed by atoms with E-state index in [-0.39, 0.29) is 18.5 Å². The molecule has 0 bridgehead atoms. The van der Waals surface area contributed by atoms with Gasteiger partial charge in [0.15, 0.2) is 0 Å². The number of fused-ring (bicyclic) bond motifs is 1. The number of rotatable bonds is 5. The van der Waals surface area contributed by atoms with E-state index in [1.807, 2.05) is 12.1 Å². The highest BCUT2D eigenvalue weighted by Crippen LogP contribution is 2.17. The van der Waals surface area contributed by atoms with Gasteiger partial charge in [0, 0.05) is 24.7 Å². The fourth-order valence-corrected chi connectivity index (χ4v) is 3.07. The molecule has 26 heavy (non-hydrogen) atoms. The minimum atomic E-state index is -0.693. The molecule has 0 aliphatic carbocycles. The lowest BCUT2D eigenvalue weighted by Crippen LogP contribution is -2.49. The van der Waals surface area contributed by atoms with Crippen LogP contribution in [-0.2, 0) is 17.7 Å². The first-order valence-corrected chi connectivity index (χ1v) is 8.53. The molecular formula is C20H22N2O4. The van der Waals surface area contributed by atoms with E-state index >= 15 is 0 Å². The SMILES string of the molecule is COC(=O)c1ccc(C(=O)NC[C@@H](O)[C@@H]2Cc3ccccc3CN2)cc1. The monoisotopic (exact) mass is 354 g/mol. The molecule has 6 heteroatoms. The summed E-state index contributed by atoms with van der Waals surface area (Å²) in [5, 5.41) is 16.5. The van der Waals surface area contributed by atoms with Crippen LogP contribution in [0.3, 0.4) is 0 Å². The van der Waals surface area contributed by atoms with Gasteiger partial charge in [0.2, 0.25) is 0 Å². The predicted molar refractivity (Wildman–Crippen MR) is 96.9 cm³/mol. The minimum Gasteiger partial charge on any atom is -0.465 e. The Morgan fingerprint density at radius 3 is 2.50 bits per heavy atom. The van der Waals surface area contributed by atoms with Crippen molar-refractivity contribution in [3.05, 3.63) is 70.8 Å². The number of carbonyl (C=O) groups excluding carboxylic acids is 2. The summed E-state index contributed by atoms with van der Waals surface area (Å²) in [6.07, 6.45) is 0.0303. The highest BCUT2D eigenvalue weighted by atomic mass is 16.5. The summed E-state index contributed by atoms with van der Waals surface area (Å²) in [6, 6.07) is 14.2. The van der Waals surface area contributed by atoms with E-state index in [2.05, 4.69) is 27.5 Å². The lowest BCUT2D eigenvalue weighted by molar-refractivity contribution is 0.0600. The van der Waals surface area contributed by atoms with E-state index in [0.717, 1.165) is 6.42 Å². The first-order valence-electron chi connectivity index (χ1n) is 8.53. The maximum absolute atomic E-state index is 12.2. The Bertz CT molecular complexity index is 789. The van der Waals surface area contributed by atoms with E-state index in [4.69, 9.17) is 0 Å². The number of nitrogens with one attached hydrogen (secondary N) is 2. The van der Waals surface area contributed by atoms with Gasteiger partial charge in [-0.1, -0.05) is 24.3 Å². The Balaban J connectivity index is 1.54. The van der Waals surface area contributed by atoms with Crippen molar-refractivity contribution in [2.75, 3.05) is 13.7 Å². The van der Waals surface area contributed by atoms with Crippen LogP contribution in [0.1, 0.15) is 31.8 Å². The normalized spacial score (nSPS) is 17.1. The van der Waals surface area contributed by atoms with Crippen molar-refractivity contribution >= 4 is 11.9 Å². The van der Waals surface area contributed by atoms with Crippen molar-refractivity contribution in [2.45, 2.75) is 25.1 Å². The summed E-state index contributed by atoms with van der Waals surface area (Å²) >= 11 is 0. The molecule has 6 nitrogen and oxygen atoms in total. The third kappa shape index (κ3) is 4.09. The highest BCUT2D eigenvalue weighted by Gasteiger charge is 2.24. The summed E-state index contributed by atoms with van der Waals surface area (Å²) in [6.45, 7) is 0.859. The largest absolute Gasteiger partial charge is 0.465 e. The second-order valence-corrected chi connectivity index (χ2v) is 6.31. The first-order chi connectivity index (χ1) is 12.6. The fraction of sp³-hybridized carbons (Fsp3) is 0.300. The van der Waals surface area contributed by atoms with E-state index in [9.17, 15) is 14.7 Å². The molecule has 1 amide bonds. The number of carbonyl (C=O) groups is 2. The van der Waals surface area contributed by atoms with E-state index in [1.54, 1.807) is 12.1 Å². The van der Waals surface area contributed by atoms with E-state index in [0.29, 0.717) is 17.7 Å². The molecule has 0 spiro atoms. The molecule has 1 aliphatic rings. The van der Waals surface area contributed by atoms with Crippen LogP contribution in [0.4, 0.5) is 0 Å². The lowest BCUT2D eigenvalue weighted by atomic mass is 9.93. The van der Waals surface area contributed by atoms with Crippen molar-refractivity contribution in [1.29, 1.82) is 0 Å². The molecule has 1 heterocycles. The third-order valence-corrected chi connectivity index (χ3v) is 4.62. The van der Waals surface area contributed by atoms with Gasteiger partial charge in [0.05, 0.1) is 18.8 Å². The maximum atomic E-state index is 12.2. The van der Waals surface area contributed by atoms with Gasteiger partial charge in [-0.25, -0.2) is 4.79 Å². The number of ether oxygens (including phenoxy) is 1. The van der Waals surface area contributed by atoms with Crippen LogP contribution >= 0.6 is 0 Å². The molecule has 3 rings (SSSR count). The molecule has 0 saturated carbocycles. The number of esters is 1. The number of methoxy groups -OCH3 is 1. The number of hydrogen-bond acceptors (Lipinski definition) is 5. The zero-order valence-corrected chi connectivity index (χ0v) is 14.6. The average molecular weight is 354 g/mol. The van der Waals surface area contributed by atoms with Gasteiger partial charge in [-0.2, -0.15) is 0 Å². The van der Waals surface area contributed by atoms with Gasteiger partial charge in [0.25, 0.3) is 5.91 Å². The zero-order chi connectivity index (χ0) is 18.5. The number of benzene rings is 2. The van der Waals surface area contributed by atoms with Crippen molar-refractivity contribution in [3.63, 3.8) is 0 Å². The first kappa shape index (κ1) is 18.1. The molecule has 0 unspecified atom stereocenters. The quantitative estimate of drug-likeness (QED) is 0.704. The Kier molecular flexibility index (Phi) is 5.65. The fourth-order valence-electron chi connectivity index (χ4n) is 3.07. The van der Waals surface area contributed by atoms with Gasteiger partial charge in [0.1, 0.15) is 0 Å². The van der Waals surface area contributed by atoms with E-state index in [1.165, 1.54) is 30.4 Å². The van der Waals surface area contributed by atoms with E-state index < -0.39 is 12.1 Å². The van der Waals surface area contributed by atoms with Crippen LogP contribution in [0.15, 0.2) is 48.5 Å². The molecule has 2 aromatic rings. The Morgan fingerprint density at radius 2 is 1.81 bits per heavy atom. The molecule has 0 fully saturated rings. The van der Waals surface area contributed by atoms with Gasteiger partial charge < -0.3 is 20.5 Å². The van der Waals surface area contributed by atoms with Gasteiger partial charge in [-0.15, -0.1) is 0 Å². The molecule has 3 N–H and O–H groups in total. The van der Waals surface area contributed by atoms with Crippen molar-refractivity contribution in [2.24, 2.45) is 0 Å². The lowest BCUT2D eigenvalue weighted by Gasteiger charge is -2.30.